The van der Waals surface area contributed by atoms with Crippen LogP contribution in [0.5, 0.6) is 0 Å². The summed E-state index contributed by atoms with van der Waals surface area (Å²) in [6.07, 6.45) is 1.99. The van der Waals surface area contributed by atoms with E-state index in [1.807, 2.05) is 30.3 Å². The molecule has 144 valence electrons. The summed E-state index contributed by atoms with van der Waals surface area (Å²) in [5.74, 6) is -1.16. The first-order valence-electron chi connectivity index (χ1n) is 8.71. The van der Waals surface area contributed by atoms with Gasteiger partial charge in [0, 0.05) is 17.8 Å². The zero-order valence-corrected chi connectivity index (χ0v) is 16.1. The van der Waals surface area contributed by atoms with E-state index >= 15 is 0 Å². The number of para-hydroxylation sites is 1. The Hall–Kier alpha value is -3.30. The molecule has 0 atom stereocenters. The van der Waals surface area contributed by atoms with Crippen molar-refractivity contribution in [3.05, 3.63) is 76.5 Å². The van der Waals surface area contributed by atoms with Crippen LogP contribution in [0.3, 0.4) is 0 Å². The van der Waals surface area contributed by atoms with Crippen LogP contribution in [0.2, 0.25) is 5.02 Å². The van der Waals surface area contributed by atoms with E-state index in [0.29, 0.717) is 18.0 Å². The molecule has 2 N–H and O–H groups in total. The summed E-state index contributed by atoms with van der Waals surface area (Å²) in [6, 6.07) is 15.8. The van der Waals surface area contributed by atoms with Crippen molar-refractivity contribution in [2.45, 2.75) is 13.3 Å². The maximum absolute atomic E-state index is 12.4. The van der Waals surface area contributed by atoms with E-state index in [4.69, 9.17) is 16.3 Å². The van der Waals surface area contributed by atoms with Crippen LogP contribution in [0.15, 0.2) is 60.3 Å². The second-order valence-corrected chi connectivity index (χ2v) is 6.09. The maximum Gasteiger partial charge on any atom is 0.340 e. The fourth-order valence-corrected chi connectivity index (χ4v) is 2.63. The minimum Gasteiger partial charge on any atom is -0.462 e. The van der Waals surface area contributed by atoms with Crippen LogP contribution in [-0.4, -0.2) is 25.0 Å². The smallest absolute Gasteiger partial charge is 0.340 e. The van der Waals surface area contributed by atoms with Crippen LogP contribution >= 0.6 is 11.6 Å². The van der Waals surface area contributed by atoms with E-state index < -0.39 is 11.9 Å². The highest BCUT2D eigenvalue weighted by Crippen LogP contribution is 2.17. The number of carbonyl (C=O) groups is 2. The van der Waals surface area contributed by atoms with Gasteiger partial charge in [0.1, 0.15) is 11.6 Å². The zero-order valence-electron chi connectivity index (χ0n) is 15.4. The second kappa shape index (κ2) is 10.8. The van der Waals surface area contributed by atoms with Gasteiger partial charge in [-0.05, 0) is 37.1 Å². The Balaban J connectivity index is 2.00. The predicted molar refractivity (Wildman–Crippen MR) is 108 cm³/mol. The molecule has 28 heavy (non-hydrogen) atoms. The summed E-state index contributed by atoms with van der Waals surface area (Å²) in [7, 11) is 0. The monoisotopic (exact) mass is 397 g/mol. The zero-order chi connectivity index (χ0) is 20.4. The van der Waals surface area contributed by atoms with Gasteiger partial charge in [-0.2, -0.15) is 5.26 Å². The van der Waals surface area contributed by atoms with Gasteiger partial charge >= 0.3 is 5.97 Å². The Morgan fingerprint density at radius 1 is 1.18 bits per heavy atom. The highest BCUT2D eigenvalue weighted by molar-refractivity contribution is 6.31. The quantitative estimate of drug-likeness (QED) is 0.307. The van der Waals surface area contributed by atoms with Crippen molar-refractivity contribution in [2.75, 3.05) is 18.5 Å². The highest BCUT2D eigenvalue weighted by Gasteiger charge is 2.16. The third-order valence-corrected chi connectivity index (χ3v) is 4.15. The van der Waals surface area contributed by atoms with Crippen LogP contribution < -0.4 is 10.6 Å². The first-order chi connectivity index (χ1) is 13.6. The number of nitriles is 1. The van der Waals surface area contributed by atoms with Crippen LogP contribution in [0.1, 0.15) is 22.8 Å². The van der Waals surface area contributed by atoms with Crippen molar-refractivity contribution in [1.29, 1.82) is 5.26 Å². The lowest BCUT2D eigenvalue weighted by Gasteiger charge is -2.10. The molecule has 0 heterocycles. The molecule has 0 aliphatic carbocycles. The van der Waals surface area contributed by atoms with Crippen LogP contribution in [0.4, 0.5) is 5.69 Å². The third kappa shape index (κ3) is 5.86. The standard InChI is InChI=1S/C21H20ClN3O3/c1-2-28-21(27)17-8-4-6-10-19(17)25-20(26)16(13-23)14-24-12-11-15-7-3-5-9-18(15)22/h3-10,14,24H,2,11-12H2,1H3,(H,25,26)/b16-14-. The lowest BCUT2D eigenvalue weighted by molar-refractivity contribution is -0.112. The molecule has 0 aliphatic heterocycles. The number of nitrogens with one attached hydrogen (secondary N) is 2. The van der Waals surface area contributed by atoms with Gasteiger partial charge in [0.15, 0.2) is 0 Å². The summed E-state index contributed by atoms with van der Waals surface area (Å²) < 4.78 is 4.98. The molecule has 2 aromatic rings. The normalized spacial score (nSPS) is 10.7. The number of nitrogens with zero attached hydrogens (tertiary/aromatic N) is 1. The van der Waals surface area contributed by atoms with E-state index in [-0.39, 0.29) is 23.4 Å². The molecular formula is C21H20ClN3O3. The summed E-state index contributed by atoms with van der Waals surface area (Å²) >= 11 is 6.10. The van der Waals surface area contributed by atoms with Gasteiger partial charge < -0.3 is 15.4 Å². The van der Waals surface area contributed by atoms with Gasteiger partial charge in [-0.1, -0.05) is 41.9 Å². The average Bonchev–Trinajstić information content (AvgIpc) is 2.69. The lowest BCUT2D eigenvalue weighted by atomic mass is 10.1. The molecule has 0 saturated heterocycles. The lowest BCUT2D eigenvalue weighted by Crippen LogP contribution is -2.19. The number of esters is 1. The van der Waals surface area contributed by atoms with E-state index in [1.54, 1.807) is 31.2 Å². The molecule has 7 heteroatoms. The molecule has 1 amide bonds. The van der Waals surface area contributed by atoms with Gasteiger partial charge in [0.25, 0.3) is 5.91 Å². The van der Waals surface area contributed by atoms with Gasteiger partial charge in [0.05, 0.1) is 17.9 Å². The molecule has 0 aliphatic rings. The summed E-state index contributed by atoms with van der Waals surface area (Å²) in [4.78, 5) is 24.4. The largest absolute Gasteiger partial charge is 0.462 e. The van der Waals surface area contributed by atoms with Crippen LogP contribution in [-0.2, 0) is 16.0 Å². The average molecular weight is 398 g/mol. The molecule has 0 fully saturated rings. The predicted octanol–water partition coefficient (Wildman–Crippen LogP) is 3.69. The van der Waals surface area contributed by atoms with Gasteiger partial charge in [-0.15, -0.1) is 0 Å². The Kier molecular flexibility index (Phi) is 8.07. The van der Waals surface area contributed by atoms with Crippen molar-refractivity contribution in [2.24, 2.45) is 0 Å². The first-order valence-corrected chi connectivity index (χ1v) is 9.09. The number of amides is 1. The Bertz CT molecular complexity index is 919. The van der Waals surface area contributed by atoms with Crippen LogP contribution in [0.25, 0.3) is 0 Å². The molecule has 0 radical (unpaired) electrons. The van der Waals surface area contributed by atoms with Crippen LogP contribution in [0, 0.1) is 11.3 Å². The Labute approximate surface area is 168 Å². The van der Waals surface area contributed by atoms with E-state index in [2.05, 4.69) is 10.6 Å². The topological polar surface area (TPSA) is 91.2 Å². The van der Waals surface area contributed by atoms with Crippen molar-refractivity contribution in [3.8, 4) is 6.07 Å². The van der Waals surface area contributed by atoms with Crippen molar-refractivity contribution >= 4 is 29.2 Å². The maximum atomic E-state index is 12.4. The molecule has 0 aromatic heterocycles. The molecule has 6 nitrogen and oxygen atoms in total. The fraction of sp³-hybridized carbons (Fsp3) is 0.190. The molecule has 0 spiro atoms. The SMILES string of the molecule is CCOC(=O)c1ccccc1NC(=O)/C(C#N)=C\NCCc1ccccc1Cl. The number of ether oxygens (including phenoxy) is 1. The fourth-order valence-electron chi connectivity index (χ4n) is 2.40. The summed E-state index contributed by atoms with van der Waals surface area (Å²) in [5, 5.41) is 15.5. The summed E-state index contributed by atoms with van der Waals surface area (Å²) in [6.45, 7) is 2.42. The number of anilines is 1. The Morgan fingerprint density at radius 3 is 2.61 bits per heavy atom. The van der Waals surface area contributed by atoms with Crippen molar-refractivity contribution in [3.63, 3.8) is 0 Å². The minimum absolute atomic E-state index is 0.113. The number of hydrogen-bond acceptors (Lipinski definition) is 5. The van der Waals surface area contributed by atoms with E-state index in [9.17, 15) is 14.9 Å². The van der Waals surface area contributed by atoms with E-state index in [0.717, 1.165) is 5.56 Å². The number of hydrogen-bond donors (Lipinski definition) is 2. The van der Waals surface area contributed by atoms with E-state index in [1.165, 1.54) is 6.20 Å². The Morgan fingerprint density at radius 2 is 1.89 bits per heavy atom. The number of benzene rings is 2. The molecule has 0 saturated carbocycles. The number of halogens is 1. The van der Waals surface area contributed by atoms with Gasteiger partial charge in [0.2, 0.25) is 0 Å². The minimum atomic E-state index is -0.621. The number of rotatable bonds is 8. The second-order valence-electron chi connectivity index (χ2n) is 5.69. The third-order valence-electron chi connectivity index (χ3n) is 3.78. The molecular weight excluding hydrogens is 378 g/mol. The van der Waals surface area contributed by atoms with Crippen molar-refractivity contribution < 1.29 is 14.3 Å². The summed E-state index contributed by atoms with van der Waals surface area (Å²) in [5.41, 5.74) is 1.36. The van der Waals surface area contributed by atoms with Gasteiger partial charge in [-0.25, -0.2) is 4.79 Å². The molecule has 0 unspecified atom stereocenters. The van der Waals surface area contributed by atoms with Crippen molar-refractivity contribution in [1.82, 2.24) is 5.32 Å². The first kappa shape index (κ1) is 21.0. The highest BCUT2D eigenvalue weighted by atomic mass is 35.5. The number of carbonyl (C=O) groups excluding carboxylic acids is 2. The molecule has 0 bridgehead atoms. The van der Waals surface area contributed by atoms with Gasteiger partial charge in [-0.3, -0.25) is 4.79 Å². The molecule has 2 rings (SSSR count). The molecule has 2 aromatic carbocycles.